The van der Waals surface area contributed by atoms with E-state index in [0.717, 1.165) is 25.9 Å². The van der Waals surface area contributed by atoms with E-state index in [1.165, 1.54) is 11.1 Å². The van der Waals surface area contributed by atoms with Gasteiger partial charge in [0, 0.05) is 0 Å². The molecule has 0 spiro atoms. The molecule has 15 heavy (non-hydrogen) atoms. The van der Waals surface area contributed by atoms with E-state index in [-0.39, 0.29) is 0 Å². The largest absolute Gasteiger partial charge is 0.317 e. The lowest BCUT2D eigenvalue weighted by molar-refractivity contribution is 0.726. The van der Waals surface area contributed by atoms with E-state index in [1.54, 1.807) is 0 Å². The standard InChI is InChI=1S/C14H21N/c1-3-15-11-6-4-5-9-14-10-7-8-13(2)12-14/h4-5,7-8,10,12,15H,3,6,9,11H2,1-2H3. The molecule has 1 nitrogen and oxygen atoms in total. The van der Waals surface area contributed by atoms with Crippen molar-refractivity contribution in [1.29, 1.82) is 0 Å². The summed E-state index contributed by atoms with van der Waals surface area (Å²) in [5, 5.41) is 3.30. The van der Waals surface area contributed by atoms with Gasteiger partial charge in [-0.15, -0.1) is 0 Å². The number of nitrogens with one attached hydrogen (secondary N) is 1. The minimum absolute atomic E-state index is 1.05. The number of benzene rings is 1. The lowest BCUT2D eigenvalue weighted by Gasteiger charge is -1.98. The van der Waals surface area contributed by atoms with Crippen LogP contribution in [0.25, 0.3) is 0 Å². The molecule has 0 heterocycles. The van der Waals surface area contributed by atoms with Crippen LogP contribution in [0.1, 0.15) is 24.5 Å². The van der Waals surface area contributed by atoms with Crippen LogP contribution in [0.5, 0.6) is 0 Å². The van der Waals surface area contributed by atoms with Gasteiger partial charge in [0.05, 0.1) is 0 Å². The van der Waals surface area contributed by atoms with Crippen LogP contribution < -0.4 is 5.32 Å². The van der Waals surface area contributed by atoms with Crippen molar-refractivity contribution < 1.29 is 0 Å². The molecule has 1 aromatic rings. The van der Waals surface area contributed by atoms with E-state index in [1.807, 2.05) is 0 Å². The molecule has 0 radical (unpaired) electrons. The van der Waals surface area contributed by atoms with Gasteiger partial charge in [-0.1, -0.05) is 48.9 Å². The van der Waals surface area contributed by atoms with Crippen LogP contribution >= 0.6 is 0 Å². The minimum atomic E-state index is 1.05. The van der Waals surface area contributed by atoms with E-state index < -0.39 is 0 Å². The highest BCUT2D eigenvalue weighted by Gasteiger charge is 1.89. The summed E-state index contributed by atoms with van der Waals surface area (Å²) in [5.74, 6) is 0. The highest BCUT2D eigenvalue weighted by atomic mass is 14.8. The predicted molar refractivity (Wildman–Crippen MR) is 67.2 cm³/mol. The summed E-state index contributed by atoms with van der Waals surface area (Å²) in [4.78, 5) is 0. The number of rotatable bonds is 6. The Bertz CT molecular complexity index is 302. The maximum absolute atomic E-state index is 3.30. The smallest absolute Gasteiger partial charge is 0.00144 e. The second-order valence-electron chi connectivity index (χ2n) is 3.81. The van der Waals surface area contributed by atoms with Gasteiger partial charge in [-0.25, -0.2) is 0 Å². The first-order valence-electron chi connectivity index (χ1n) is 5.74. The fourth-order valence-corrected chi connectivity index (χ4v) is 1.54. The Kier molecular flexibility index (Phi) is 5.79. The van der Waals surface area contributed by atoms with Gasteiger partial charge in [0.25, 0.3) is 0 Å². The predicted octanol–water partition coefficient (Wildman–Crippen LogP) is 3.09. The third kappa shape index (κ3) is 5.38. The first-order valence-corrected chi connectivity index (χ1v) is 5.74. The lowest BCUT2D eigenvalue weighted by atomic mass is 10.1. The maximum Gasteiger partial charge on any atom is -0.00144 e. The van der Waals surface area contributed by atoms with Gasteiger partial charge in [0.2, 0.25) is 0 Å². The minimum Gasteiger partial charge on any atom is -0.317 e. The molecule has 0 aromatic heterocycles. The average Bonchev–Trinajstić information content (AvgIpc) is 2.23. The fraction of sp³-hybridized carbons (Fsp3) is 0.429. The second-order valence-corrected chi connectivity index (χ2v) is 3.81. The first kappa shape index (κ1) is 12.0. The normalized spacial score (nSPS) is 11.1. The van der Waals surface area contributed by atoms with E-state index >= 15 is 0 Å². The molecule has 0 fully saturated rings. The second kappa shape index (κ2) is 7.24. The van der Waals surface area contributed by atoms with Crippen LogP contribution in [0.4, 0.5) is 0 Å². The topological polar surface area (TPSA) is 12.0 Å². The zero-order valence-corrected chi connectivity index (χ0v) is 9.79. The highest BCUT2D eigenvalue weighted by Crippen LogP contribution is 2.05. The Morgan fingerprint density at radius 2 is 2.13 bits per heavy atom. The van der Waals surface area contributed by atoms with Crippen LogP contribution in [-0.2, 0) is 6.42 Å². The molecular weight excluding hydrogens is 182 g/mol. The zero-order valence-electron chi connectivity index (χ0n) is 9.79. The molecule has 0 aliphatic rings. The fourth-order valence-electron chi connectivity index (χ4n) is 1.54. The van der Waals surface area contributed by atoms with Crippen molar-refractivity contribution in [3.8, 4) is 0 Å². The van der Waals surface area contributed by atoms with Crippen molar-refractivity contribution in [1.82, 2.24) is 5.32 Å². The Labute approximate surface area is 93.2 Å². The lowest BCUT2D eigenvalue weighted by Crippen LogP contribution is -2.12. The molecule has 0 bridgehead atoms. The van der Waals surface area contributed by atoms with Gasteiger partial charge < -0.3 is 5.32 Å². The van der Waals surface area contributed by atoms with Crippen molar-refractivity contribution in [3.05, 3.63) is 47.5 Å². The summed E-state index contributed by atoms with van der Waals surface area (Å²) < 4.78 is 0. The Hall–Kier alpha value is -1.08. The molecule has 0 unspecified atom stereocenters. The molecular formula is C14H21N. The quantitative estimate of drug-likeness (QED) is 0.553. The van der Waals surface area contributed by atoms with Gasteiger partial charge in [-0.3, -0.25) is 0 Å². The maximum atomic E-state index is 3.30. The molecule has 0 aliphatic carbocycles. The number of allylic oxidation sites excluding steroid dienone is 1. The third-order valence-corrected chi connectivity index (χ3v) is 2.34. The summed E-state index contributed by atoms with van der Waals surface area (Å²) in [6, 6.07) is 8.69. The van der Waals surface area contributed by atoms with Gasteiger partial charge in [0.15, 0.2) is 0 Å². The monoisotopic (exact) mass is 203 g/mol. The van der Waals surface area contributed by atoms with E-state index in [2.05, 4.69) is 55.6 Å². The van der Waals surface area contributed by atoms with Crippen LogP contribution in [0.3, 0.4) is 0 Å². The van der Waals surface area contributed by atoms with E-state index in [4.69, 9.17) is 0 Å². The summed E-state index contributed by atoms with van der Waals surface area (Å²) >= 11 is 0. The molecule has 1 aromatic carbocycles. The van der Waals surface area contributed by atoms with Crippen molar-refractivity contribution in [2.24, 2.45) is 0 Å². The van der Waals surface area contributed by atoms with Gasteiger partial charge in [-0.05, 0) is 38.4 Å². The number of aryl methyl sites for hydroxylation is 1. The van der Waals surface area contributed by atoms with Crippen LogP contribution in [-0.4, -0.2) is 13.1 Å². The summed E-state index contributed by atoms with van der Waals surface area (Å²) in [7, 11) is 0. The average molecular weight is 203 g/mol. The highest BCUT2D eigenvalue weighted by molar-refractivity contribution is 5.23. The molecule has 0 amide bonds. The van der Waals surface area contributed by atoms with Crippen molar-refractivity contribution >= 4 is 0 Å². The van der Waals surface area contributed by atoms with Crippen LogP contribution in [0.15, 0.2) is 36.4 Å². The molecule has 0 saturated heterocycles. The number of hydrogen-bond donors (Lipinski definition) is 1. The summed E-state index contributed by atoms with van der Waals surface area (Å²) in [5.41, 5.74) is 2.74. The Balaban J connectivity index is 2.24. The van der Waals surface area contributed by atoms with Crippen molar-refractivity contribution in [3.63, 3.8) is 0 Å². The van der Waals surface area contributed by atoms with Crippen LogP contribution in [0, 0.1) is 6.92 Å². The molecule has 0 saturated carbocycles. The molecule has 1 rings (SSSR count). The SMILES string of the molecule is CCNCCC=CCc1cccc(C)c1. The molecule has 0 atom stereocenters. The van der Waals surface area contributed by atoms with Gasteiger partial charge >= 0.3 is 0 Å². The summed E-state index contributed by atoms with van der Waals surface area (Å²) in [6.07, 6.45) is 6.69. The molecule has 0 aliphatic heterocycles. The van der Waals surface area contributed by atoms with E-state index in [0.29, 0.717) is 0 Å². The Morgan fingerprint density at radius 1 is 1.27 bits per heavy atom. The van der Waals surface area contributed by atoms with Crippen LogP contribution in [0.2, 0.25) is 0 Å². The van der Waals surface area contributed by atoms with E-state index in [9.17, 15) is 0 Å². The van der Waals surface area contributed by atoms with Gasteiger partial charge in [-0.2, -0.15) is 0 Å². The third-order valence-electron chi connectivity index (χ3n) is 2.34. The van der Waals surface area contributed by atoms with Crippen molar-refractivity contribution in [2.45, 2.75) is 26.7 Å². The van der Waals surface area contributed by atoms with Crippen molar-refractivity contribution in [2.75, 3.05) is 13.1 Å². The first-order chi connectivity index (χ1) is 7.33. The zero-order chi connectivity index (χ0) is 10.9. The molecule has 1 heteroatoms. The Morgan fingerprint density at radius 3 is 2.87 bits per heavy atom. The number of hydrogen-bond acceptors (Lipinski definition) is 1. The van der Waals surface area contributed by atoms with Gasteiger partial charge in [0.1, 0.15) is 0 Å². The molecule has 82 valence electrons. The summed E-state index contributed by atoms with van der Waals surface area (Å²) in [6.45, 7) is 6.42. The molecule has 1 N–H and O–H groups in total.